The zero-order valence-corrected chi connectivity index (χ0v) is 17.0. The van der Waals surface area contributed by atoms with Crippen molar-refractivity contribution in [3.05, 3.63) is 51.1 Å². The van der Waals surface area contributed by atoms with Gasteiger partial charge >= 0.3 is 0 Å². The molecule has 0 radical (unpaired) electrons. The van der Waals surface area contributed by atoms with E-state index in [-0.39, 0.29) is 36.9 Å². The number of hydrogen-bond donors (Lipinski definition) is 2. The molecule has 10 heteroatoms. The number of hydrogen-bond acceptors (Lipinski definition) is 5. The van der Waals surface area contributed by atoms with Gasteiger partial charge in [0.15, 0.2) is 5.65 Å². The van der Waals surface area contributed by atoms with Crippen molar-refractivity contribution >= 4 is 44.5 Å². The minimum atomic E-state index is -0.376. The first kappa shape index (κ1) is 19.7. The molecule has 3 aromatic rings. The number of amides is 2. The highest BCUT2D eigenvalue weighted by molar-refractivity contribution is 9.10. The zero-order chi connectivity index (χ0) is 20.3. The molecule has 0 spiro atoms. The number of carbonyl (C=O) groups is 2. The minimum Gasteiger partial charge on any atom is -0.354 e. The molecule has 146 valence electrons. The van der Waals surface area contributed by atoms with Gasteiger partial charge in [-0.25, -0.2) is 4.98 Å². The van der Waals surface area contributed by atoms with E-state index in [1.807, 2.05) is 25.1 Å². The van der Waals surface area contributed by atoms with E-state index in [0.29, 0.717) is 16.7 Å². The van der Waals surface area contributed by atoms with Crippen LogP contribution in [0.2, 0.25) is 0 Å². The van der Waals surface area contributed by atoms with Gasteiger partial charge in [0.05, 0.1) is 6.20 Å². The van der Waals surface area contributed by atoms with Gasteiger partial charge in [0, 0.05) is 30.2 Å². The Morgan fingerprint density at radius 3 is 2.82 bits per heavy atom. The number of carbonyl (C=O) groups excluding carboxylic acids is 2. The van der Waals surface area contributed by atoms with E-state index in [0.717, 1.165) is 10.0 Å². The van der Waals surface area contributed by atoms with Crippen LogP contribution in [0, 0.1) is 6.92 Å². The highest BCUT2D eigenvalue weighted by atomic mass is 79.9. The van der Waals surface area contributed by atoms with Crippen molar-refractivity contribution in [2.24, 2.45) is 7.05 Å². The third-order valence-corrected chi connectivity index (χ3v) is 4.67. The lowest BCUT2D eigenvalue weighted by atomic mass is 10.2. The molecule has 9 nitrogen and oxygen atoms in total. The first-order valence-electron chi connectivity index (χ1n) is 8.55. The molecule has 0 unspecified atom stereocenters. The Hall–Kier alpha value is -3.01. The number of nitrogens with one attached hydrogen (secondary N) is 2. The average Bonchev–Trinajstić information content (AvgIpc) is 3.02. The van der Waals surface area contributed by atoms with E-state index >= 15 is 0 Å². The molecule has 2 aromatic heterocycles. The van der Waals surface area contributed by atoms with Gasteiger partial charge < -0.3 is 10.6 Å². The maximum absolute atomic E-state index is 12.3. The molecule has 2 amide bonds. The number of aryl methyl sites for hydroxylation is 2. The minimum absolute atomic E-state index is 0.118. The van der Waals surface area contributed by atoms with Gasteiger partial charge in [-0.1, -0.05) is 22.0 Å². The second kappa shape index (κ2) is 8.34. The molecule has 0 fully saturated rings. The molecule has 2 heterocycles. The lowest BCUT2D eigenvalue weighted by Gasteiger charge is -2.10. The summed E-state index contributed by atoms with van der Waals surface area (Å²) in [5.74, 6) is -0.587. The fraction of sp³-hybridized carbons (Fsp3) is 0.278. The summed E-state index contributed by atoms with van der Waals surface area (Å²) in [6.07, 6.45) is 2.86. The zero-order valence-electron chi connectivity index (χ0n) is 15.4. The molecule has 1 aromatic carbocycles. The van der Waals surface area contributed by atoms with Gasteiger partial charge in [-0.3, -0.25) is 23.6 Å². The number of nitrogens with zero attached hydrogens (tertiary/aromatic N) is 4. The topological polar surface area (TPSA) is 111 Å². The maximum atomic E-state index is 12.3. The van der Waals surface area contributed by atoms with Crippen molar-refractivity contribution in [2.45, 2.75) is 19.9 Å². The Kier molecular flexibility index (Phi) is 5.88. The summed E-state index contributed by atoms with van der Waals surface area (Å²) in [5.41, 5.74) is 1.78. The van der Waals surface area contributed by atoms with Crippen LogP contribution in [0.15, 0.2) is 40.0 Å². The molecular weight excluding hydrogens is 428 g/mol. The molecule has 0 atom stereocenters. The van der Waals surface area contributed by atoms with Crippen molar-refractivity contribution in [2.75, 3.05) is 11.9 Å². The molecule has 3 rings (SSSR count). The van der Waals surface area contributed by atoms with E-state index in [2.05, 4.69) is 36.6 Å². The van der Waals surface area contributed by atoms with Crippen LogP contribution >= 0.6 is 15.9 Å². The van der Waals surface area contributed by atoms with E-state index in [9.17, 15) is 14.4 Å². The fourth-order valence-electron chi connectivity index (χ4n) is 2.65. The molecule has 0 aliphatic heterocycles. The van der Waals surface area contributed by atoms with Gasteiger partial charge in [0.2, 0.25) is 11.8 Å². The third-order valence-electron chi connectivity index (χ3n) is 4.18. The molecular formula is C18H19BrN6O3. The first-order valence-corrected chi connectivity index (χ1v) is 9.34. The fourth-order valence-corrected chi connectivity index (χ4v) is 3.01. The van der Waals surface area contributed by atoms with Crippen LogP contribution in [0.25, 0.3) is 11.0 Å². The summed E-state index contributed by atoms with van der Waals surface area (Å²) < 4.78 is 3.57. The van der Waals surface area contributed by atoms with E-state index < -0.39 is 0 Å². The highest BCUT2D eigenvalue weighted by Gasteiger charge is 2.11. The van der Waals surface area contributed by atoms with Crippen LogP contribution in [-0.2, 0) is 23.2 Å². The first-order chi connectivity index (χ1) is 13.3. The van der Waals surface area contributed by atoms with E-state index in [1.54, 1.807) is 7.05 Å². The van der Waals surface area contributed by atoms with Crippen molar-refractivity contribution < 1.29 is 9.59 Å². The Bertz CT molecular complexity index is 1100. The number of rotatable bonds is 6. The quantitative estimate of drug-likeness (QED) is 0.593. The summed E-state index contributed by atoms with van der Waals surface area (Å²) in [7, 11) is 1.69. The Morgan fingerprint density at radius 2 is 2.04 bits per heavy atom. The second-order valence-electron chi connectivity index (χ2n) is 6.29. The van der Waals surface area contributed by atoms with Crippen LogP contribution in [0.3, 0.4) is 0 Å². The number of aromatic nitrogens is 4. The van der Waals surface area contributed by atoms with Crippen molar-refractivity contribution in [3.8, 4) is 0 Å². The summed E-state index contributed by atoms with van der Waals surface area (Å²) in [4.78, 5) is 40.6. The van der Waals surface area contributed by atoms with Crippen molar-refractivity contribution in [3.63, 3.8) is 0 Å². The molecule has 0 saturated carbocycles. The Morgan fingerprint density at radius 1 is 1.25 bits per heavy atom. The van der Waals surface area contributed by atoms with Crippen molar-refractivity contribution in [1.29, 1.82) is 0 Å². The smallest absolute Gasteiger partial charge is 0.264 e. The number of halogens is 1. The van der Waals surface area contributed by atoms with Crippen LogP contribution in [0.4, 0.5) is 5.69 Å². The standard InChI is InChI=1S/C18H19BrN6O3/c1-11-3-4-12(19)7-14(11)23-15(26)5-6-20-16(27)9-25-10-21-17-13(18(25)28)8-22-24(17)2/h3-4,7-8,10H,5-6,9H2,1-2H3,(H,20,27)(H,23,26). The van der Waals surface area contributed by atoms with Gasteiger partial charge in [-0.05, 0) is 24.6 Å². The largest absolute Gasteiger partial charge is 0.354 e. The maximum Gasteiger partial charge on any atom is 0.264 e. The lowest BCUT2D eigenvalue weighted by Crippen LogP contribution is -2.34. The van der Waals surface area contributed by atoms with Crippen LogP contribution in [-0.4, -0.2) is 37.7 Å². The monoisotopic (exact) mass is 446 g/mol. The lowest BCUT2D eigenvalue weighted by molar-refractivity contribution is -0.121. The Labute approximate surface area is 168 Å². The number of fused-ring (bicyclic) bond motifs is 1. The van der Waals surface area contributed by atoms with Crippen molar-refractivity contribution in [1.82, 2.24) is 24.6 Å². The molecule has 28 heavy (non-hydrogen) atoms. The molecule has 2 N–H and O–H groups in total. The summed E-state index contributed by atoms with van der Waals surface area (Å²) in [5, 5.41) is 9.78. The van der Waals surface area contributed by atoms with Crippen LogP contribution in [0.1, 0.15) is 12.0 Å². The number of benzene rings is 1. The molecule has 0 aliphatic carbocycles. The van der Waals surface area contributed by atoms with Gasteiger partial charge in [0.1, 0.15) is 18.3 Å². The highest BCUT2D eigenvalue weighted by Crippen LogP contribution is 2.20. The molecule has 0 aliphatic rings. The van der Waals surface area contributed by atoms with Crippen LogP contribution < -0.4 is 16.2 Å². The summed E-state index contributed by atoms with van der Waals surface area (Å²) >= 11 is 3.37. The average molecular weight is 447 g/mol. The predicted molar refractivity (Wildman–Crippen MR) is 108 cm³/mol. The van der Waals surface area contributed by atoms with Gasteiger partial charge in [-0.2, -0.15) is 5.10 Å². The van der Waals surface area contributed by atoms with E-state index in [4.69, 9.17) is 0 Å². The van der Waals surface area contributed by atoms with Crippen LogP contribution in [0.5, 0.6) is 0 Å². The summed E-state index contributed by atoms with van der Waals surface area (Å²) in [6, 6.07) is 5.61. The van der Waals surface area contributed by atoms with Gasteiger partial charge in [0.25, 0.3) is 5.56 Å². The van der Waals surface area contributed by atoms with E-state index in [1.165, 1.54) is 21.8 Å². The SMILES string of the molecule is Cc1ccc(Br)cc1NC(=O)CCNC(=O)Cn1cnc2c(cnn2C)c1=O. The second-order valence-corrected chi connectivity index (χ2v) is 7.21. The normalized spacial score (nSPS) is 10.8. The predicted octanol–water partition coefficient (Wildman–Crippen LogP) is 1.35. The third kappa shape index (κ3) is 4.45. The molecule has 0 bridgehead atoms. The Balaban J connectivity index is 1.52. The summed E-state index contributed by atoms with van der Waals surface area (Å²) in [6.45, 7) is 1.88. The number of anilines is 1. The van der Waals surface area contributed by atoms with Gasteiger partial charge in [-0.15, -0.1) is 0 Å². The molecule has 0 saturated heterocycles.